The molecule has 1 aromatic rings. The van der Waals surface area contributed by atoms with E-state index in [4.69, 9.17) is 4.74 Å². The van der Waals surface area contributed by atoms with E-state index in [-0.39, 0.29) is 35.8 Å². The number of hydrogen-bond acceptors (Lipinski definition) is 5. The minimum absolute atomic E-state index is 0.0693. The van der Waals surface area contributed by atoms with Crippen molar-refractivity contribution in [3.8, 4) is 0 Å². The third kappa shape index (κ3) is 3.90. The molecule has 7 heteroatoms. The Bertz CT molecular complexity index is 648. The van der Waals surface area contributed by atoms with Gasteiger partial charge in [0, 0.05) is 23.7 Å². The molecule has 1 saturated heterocycles. The van der Waals surface area contributed by atoms with Crippen LogP contribution in [-0.4, -0.2) is 40.4 Å². The summed E-state index contributed by atoms with van der Waals surface area (Å²) >= 11 is 0. The van der Waals surface area contributed by atoms with Gasteiger partial charge in [-0.3, -0.25) is 14.9 Å². The van der Waals surface area contributed by atoms with Crippen molar-refractivity contribution in [2.75, 3.05) is 6.61 Å². The molecule has 24 heavy (non-hydrogen) atoms. The van der Waals surface area contributed by atoms with Gasteiger partial charge in [0.1, 0.15) is 0 Å². The molecule has 0 spiro atoms. The van der Waals surface area contributed by atoms with E-state index in [1.165, 1.54) is 18.2 Å². The molecule has 1 amide bonds. The third-order valence-electron chi connectivity index (χ3n) is 4.45. The van der Waals surface area contributed by atoms with Crippen molar-refractivity contribution in [2.24, 2.45) is 0 Å². The molecule has 2 atom stereocenters. The van der Waals surface area contributed by atoms with Gasteiger partial charge in [0.25, 0.3) is 11.6 Å². The van der Waals surface area contributed by atoms with Crippen LogP contribution in [0.15, 0.2) is 18.2 Å². The molecule has 0 unspecified atom stereocenters. The molecule has 1 fully saturated rings. The number of nitro benzene ring substituents is 1. The lowest BCUT2D eigenvalue weighted by Gasteiger charge is -2.38. The van der Waals surface area contributed by atoms with Crippen LogP contribution in [0, 0.1) is 17.0 Å². The maximum atomic E-state index is 12.3. The molecular formula is C17H22N2O5. The summed E-state index contributed by atoms with van der Waals surface area (Å²) in [7, 11) is 0. The van der Waals surface area contributed by atoms with Gasteiger partial charge in [-0.15, -0.1) is 0 Å². The number of ether oxygens (including phenoxy) is 1. The predicted octanol–water partition coefficient (Wildman–Crippen LogP) is 2.85. The van der Waals surface area contributed by atoms with Crippen molar-refractivity contribution in [3.63, 3.8) is 0 Å². The second-order valence-corrected chi connectivity index (χ2v) is 6.26. The summed E-state index contributed by atoms with van der Waals surface area (Å²) < 4.78 is 5.06. The van der Waals surface area contributed by atoms with E-state index in [0.717, 1.165) is 19.3 Å². The fourth-order valence-corrected chi connectivity index (χ4v) is 3.13. The fourth-order valence-electron chi connectivity index (χ4n) is 3.13. The minimum atomic E-state index is -0.733. The Balaban J connectivity index is 2.01. The first-order chi connectivity index (χ1) is 11.3. The third-order valence-corrected chi connectivity index (χ3v) is 4.45. The molecule has 0 radical (unpaired) electrons. The van der Waals surface area contributed by atoms with Crippen LogP contribution in [0.1, 0.15) is 49.0 Å². The summed E-state index contributed by atoms with van der Waals surface area (Å²) in [5, 5.41) is 10.9. The highest BCUT2D eigenvalue weighted by molar-refractivity contribution is 5.92. The van der Waals surface area contributed by atoms with Crippen molar-refractivity contribution >= 4 is 17.6 Å². The summed E-state index contributed by atoms with van der Waals surface area (Å²) in [6, 6.07) is 4.38. The molecule has 7 nitrogen and oxygen atoms in total. The monoisotopic (exact) mass is 334 g/mol. The highest BCUT2D eigenvalue weighted by Crippen LogP contribution is 2.23. The summed E-state index contributed by atoms with van der Waals surface area (Å²) in [6.07, 6.45) is 2.96. The second-order valence-electron chi connectivity index (χ2n) is 6.26. The Labute approximate surface area is 140 Å². The molecule has 0 aliphatic carbocycles. The van der Waals surface area contributed by atoms with E-state index in [1.807, 2.05) is 13.8 Å². The Morgan fingerprint density at radius 3 is 2.50 bits per heavy atom. The molecule has 2 rings (SSSR count). The molecule has 1 heterocycles. The number of nitro groups is 1. The normalized spacial score (nSPS) is 20.5. The lowest BCUT2D eigenvalue weighted by Crippen LogP contribution is -2.49. The van der Waals surface area contributed by atoms with E-state index in [0.29, 0.717) is 5.56 Å². The zero-order valence-corrected chi connectivity index (χ0v) is 14.2. The maximum absolute atomic E-state index is 12.3. The number of amides is 1. The van der Waals surface area contributed by atoms with Gasteiger partial charge in [-0.1, -0.05) is 6.07 Å². The summed E-state index contributed by atoms with van der Waals surface area (Å²) in [6.45, 7) is 5.21. The summed E-state index contributed by atoms with van der Waals surface area (Å²) in [5.74, 6) is -0.964. The highest BCUT2D eigenvalue weighted by Gasteiger charge is 2.29. The molecule has 0 aromatic heterocycles. The molecule has 1 aromatic carbocycles. The van der Waals surface area contributed by atoms with E-state index >= 15 is 0 Å². The lowest BCUT2D eigenvalue weighted by atomic mass is 9.97. The van der Waals surface area contributed by atoms with Crippen molar-refractivity contribution in [1.29, 1.82) is 0 Å². The molecule has 0 N–H and O–H groups in total. The SMILES string of the molecule is Cc1ccc(C(=O)OCC(=O)N2[C@H](C)CCC[C@H]2C)cc1[N+](=O)[O-]. The van der Waals surface area contributed by atoms with Crippen LogP contribution in [0.25, 0.3) is 0 Å². The second kappa shape index (κ2) is 7.42. The smallest absolute Gasteiger partial charge is 0.338 e. The number of benzene rings is 1. The molecule has 1 aliphatic rings. The van der Waals surface area contributed by atoms with E-state index < -0.39 is 10.9 Å². The quantitative estimate of drug-likeness (QED) is 0.480. The predicted molar refractivity (Wildman–Crippen MR) is 87.7 cm³/mol. The Hall–Kier alpha value is -2.44. The van der Waals surface area contributed by atoms with Crippen LogP contribution < -0.4 is 0 Å². The van der Waals surface area contributed by atoms with Gasteiger partial charge < -0.3 is 9.64 Å². The number of likely N-dealkylation sites (tertiary alicyclic amines) is 1. The molecular weight excluding hydrogens is 312 g/mol. The lowest BCUT2D eigenvalue weighted by molar-refractivity contribution is -0.385. The number of carbonyl (C=O) groups is 2. The Morgan fingerprint density at radius 2 is 1.92 bits per heavy atom. The van der Waals surface area contributed by atoms with Crippen LogP contribution in [0.4, 0.5) is 5.69 Å². The Morgan fingerprint density at radius 1 is 1.29 bits per heavy atom. The summed E-state index contributed by atoms with van der Waals surface area (Å²) in [5.41, 5.74) is 0.387. The minimum Gasteiger partial charge on any atom is -0.452 e. The number of rotatable bonds is 4. The van der Waals surface area contributed by atoms with Gasteiger partial charge in [-0.05, 0) is 46.1 Å². The van der Waals surface area contributed by atoms with Gasteiger partial charge in [0.2, 0.25) is 0 Å². The molecule has 0 bridgehead atoms. The van der Waals surface area contributed by atoms with Crippen LogP contribution in [0.5, 0.6) is 0 Å². The molecule has 0 saturated carbocycles. The Kier molecular flexibility index (Phi) is 5.54. The van der Waals surface area contributed by atoms with E-state index in [9.17, 15) is 19.7 Å². The van der Waals surface area contributed by atoms with Gasteiger partial charge in [0.15, 0.2) is 6.61 Å². The number of nitrogens with zero attached hydrogens (tertiary/aromatic N) is 2. The zero-order chi connectivity index (χ0) is 17.9. The largest absolute Gasteiger partial charge is 0.452 e. The van der Waals surface area contributed by atoms with Crippen molar-refractivity contribution in [3.05, 3.63) is 39.4 Å². The van der Waals surface area contributed by atoms with E-state index in [1.54, 1.807) is 11.8 Å². The van der Waals surface area contributed by atoms with E-state index in [2.05, 4.69) is 0 Å². The number of esters is 1. The van der Waals surface area contributed by atoms with Gasteiger partial charge >= 0.3 is 5.97 Å². The number of carbonyl (C=O) groups excluding carboxylic acids is 2. The van der Waals surface area contributed by atoms with Crippen LogP contribution in [-0.2, 0) is 9.53 Å². The van der Waals surface area contributed by atoms with Crippen LogP contribution >= 0.6 is 0 Å². The van der Waals surface area contributed by atoms with Gasteiger partial charge in [-0.2, -0.15) is 0 Å². The van der Waals surface area contributed by atoms with Crippen molar-refractivity contribution in [1.82, 2.24) is 4.90 Å². The first-order valence-electron chi connectivity index (χ1n) is 8.04. The average Bonchev–Trinajstić information content (AvgIpc) is 2.52. The maximum Gasteiger partial charge on any atom is 0.338 e. The number of hydrogen-bond donors (Lipinski definition) is 0. The first kappa shape index (κ1) is 17.9. The number of aryl methyl sites for hydroxylation is 1. The molecule has 1 aliphatic heterocycles. The first-order valence-corrected chi connectivity index (χ1v) is 8.04. The fraction of sp³-hybridized carbons (Fsp3) is 0.529. The zero-order valence-electron chi connectivity index (χ0n) is 14.2. The average molecular weight is 334 g/mol. The van der Waals surface area contributed by atoms with Crippen LogP contribution in [0.2, 0.25) is 0 Å². The standard InChI is InChI=1S/C17H22N2O5/c1-11-7-8-14(9-15(11)19(22)23)17(21)24-10-16(20)18-12(2)5-4-6-13(18)3/h7-9,12-13H,4-6,10H2,1-3H3/t12-,13-/m1/s1. The van der Waals surface area contributed by atoms with Gasteiger partial charge in [0.05, 0.1) is 10.5 Å². The van der Waals surface area contributed by atoms with Gasteiger partial charge in [-0.25, -0.2) is 4.79 Å². The van der Waals surface area contributed by atoms with Crippen molar-refractivity contribution in [2.45, 2.75) is 52.1 Å². The topological polar surface area (TPSA) is 89.8 Å². The number of piperidine rings is 1. The molecule has 130 valence electrons. The van der Waals surface area contributed by atoms with Crippen molar-refractivity contribution < 1.29 is 19.2 Å². The van der Waals surface area contributed by atoms with Crippen LogP contribution in [0.3, 0.4) is 0 Å². The summed E-state index contributed by atoms with van der Waals surface area (Å²) in [4.78, 5) is 36.5. The highest BCUT2D eigenvalue weighted by atomic mass is 16.6.